The molecule has 0 saturated heterocycles. The number of hydrogen-bond donors (Lipinski definition) is 3. The summed E-state index contributed by atoms with van der Waals surface area (Å²) in [6.07, 6.45) is 2.96. The first-order valence-electron chi connectivity index (χ1n) is 6.27. The largest absolute Gasteiger partial charge is 0.350 e. The third-order valence-electron chi connectivity index (χ3n) is 2.59. The summed E-state index contributed by atoms with van der Waals surface area (Å²) in [6, 6.07) is 6.80. The normalized spacial score (nSPS) is 10.3. The van der Waals surface area contributed by atoms with Gasteiger partial charge in [0.05, 0.1) is 11.8 Å². The highest BCUT2D eigenvalue weighted by atomic mass is 16.2. The van der Waals surface area contributed by atoms with Crippen LogP contribution in [0.4, 0.5) is 5.69 Å². The maximum atomic E-state index is 11.8. The van der Waals surface area contributed by atoms with E-state index < -0.39 is 0 Å². The molecule has 0 fully saturated rings. The fourth-order valence-electron chi connectivity index (χ4n) is 1.63. The minimum atomic E-state index is -0.252. The van der Waals surface area contributed by atoms with Crippen LogP contribution in [-0.4, -0.2) is 28.1 Å². The van der Waals surface area contributed by atoms with E-state index in [9.17, 15) is 9.59 Å². The van der Waals surface area contributed by atoms with E-state index in [2.05, 4.69) is 20.8 Å². The Bertz CT molecular complexity index is 588. The molecule has 2 rings (SSSR count). The first-order valence-corrected chi connectivity index (χ1v) is 6.27. The molecule has 0 spiro atoms. The monoisotopic (exact) mass is 272 g/mol. The maximum Gasteiger partial charge on any atom is 0.258 e. The highest BCUT2D eigenvalue weighted by Crippen LogP contribution is 2.11. The highest BCUT2D eigenvalue weighted by molar-refractivity contribution is 6.04. The number of H-pyrrole nitrogens is 1. The van der Waals surface area contributed by atoms with E-state index in [1.54, 1.807) is 24.3 Å². The summed E-state index contributed by atoms with van der Waals surface area (Å²) in [5, 5.41) is 11.8. The zero-order valence-corrected chi connectivity index (χ0v) is 11.3. The molecule has 104 valence electrons. The number of carbonyl (C=O) groups excluding carboxylic acids is 2. The molecule has 1 aromatic carbocycles. The average Bonchev–Trinajstić information content (AvgIpc) is 2.92. The van der Waals surface area contributed by atoms with Gasteiger partial charge in [-0.15, -0.1) is 0 Å². The first-order chi connectivity index (χ1) is 9.56. The molecular formula is C14H16N4O2. The number of hydrogen-bond acceptors (Lipinski definition) is 3. The van der Waals surface area contributed by atoms with Crippen LogP contribution >= 0.6 is 0 Å². The standard InChI is InChI=1S/C14H16N4O2/c1-9(2)17-13(19)10-3-5-12(6-4-10)18-14(20)11-7-15-16-8-11/h3-9H,1-2H3,(H,15,16)(H,17,19)(H,18,20). The lowest BCUT2D eigenvalue weighted by molar-refractivity contribution is 0.0942. The van der Waals surface area contributed by atoms with Crippen molar-refractivity contribution in [1.82, 2.24) is 15.5 Å². The quantitative estimate of drug-likeness (QED) is 0.793. The number of amides is 2. The van der Waals surface area contributed by atoms with Gasteiger partial charge in [-0.05, 0) is 38.1 Å². The Morgan fingerprint density at radius 2 is 1.80 bits per heavy atom. The van der Waals surface area contributed by atoms with Crippen LogP contribution in [0.25, 0.3) is 0 Å². The van der Waals surface area contributed by atoms with Crippen molar-refractivity contribution in [2.75, 3.05) is 5.32 Å². The van der Waals surface area contributed by atoms with Crippen molar-refractivity contribution in [2.24, 2.45) is 0 Å². The van der Waals surface area contributed by atoms with Crippen molar-refractivity contribution >= 4 is 17.5 Å². The zero-order valence-electron chi connectivity index (χ0n) is 11.3. The second-order valence-electron chi connectivity index (χ2n) is 4.65. The molecule has 1 heterocycles. The Labute approximate surface area is 116 Å². The van der Waals surface area contributed by atoms with Gasteiger partial charge in [-0.1, -0.05) is 0 Å². The summed E-state index contributed by atoms with van der Waals surface area (Å²) < 4.78 is 0. The van der Waals surface area contributed by atoms with Crippen molar-refractivity contribution in [3.05, 3.63) is 47.8 Å². The maximum absolute atomic E-state index is 11.8. The molecule has 0 unspecified atom stereocenters. The summed E-state index contributed by atoms with van der Waals surface area (Å²) in [6.45, 7) is 3.80. The number of carbonyl (C=O) groups is 2. The van der Waals surface area contributed by atoms with Gasteiger partial charge >= 0.3 is 0 Å². The Hall–Kier alpha value is -2.63. The molecule has 20 heavy (non-hydrogen) atoms. The van der Waals surface area contributed by atoms with Gasteiger partial charge in [-0.3, -0.25) is 14.7 Å². The average molecular weight is 272 g/mol. The molecule has 6 heteroatoms. The van der Waals surface area contributed by atoms with Crippen LogP contribution in [0.2, 0.25) is 0 Å². The minimum Gasteiger partial charge on any atom is -0.350 e. The fraction of sp³-hybridized carbons (Fsp3) is 0.214. The first kappa shape index (κ1) is 13.8. The summed E-state index contributed by atoms with van der Waals surface area (Å²) in [5.41, 5.74) is 1.63. The lowest BCUT2D eigenvalue weighted by atomic mass is 10.2. The predicted molar refractivity (Wildman–Crippen MR) is 75.6 cm³/mol. The molecular weight excluding hydrogens is 256 g/mol. The third-order valence-corrected chi connectivity index (χ3v) is 2.59. The summed E-state index contributed by atoms with van der Waals surface area (Å²) in [4.78, 5) is 23.6. The molecule has 2 amide bonds. The van der Waals surface area contributed by atoms with Gasteiger partial charge in [0, 0.05) is 23.5 Å². The molecule has 3 N–H and O–H groups in total. The number of aromatic amines is 1. The minimum absolute atomic E-state index is 0.0861. The molecule has 0 aliphatic rings. The van der Waals surface area contributed by atoms with E-state index in [-0.39, 0.29) is 17.9 Å². The Morgan fingerprint density at radius 1 is 1.10 bits per heavy atom. The van der Waals surface area contributed by atoms with Gasteiger partial charge in [-0.25, -0.2) is 0 Å². The smallest absolute Gasteiger partial charge is 0.258 e. The van der Waals surface area contributed by atoms with Crippen LogP contribution in [0.1, 0.15) is 34.6 Å². The molecule has 0 aliphatic heterocycles. The number of rotatable bonds is 4. The topological polar surface area (TPSA) is 86.9 Å². The number of nitrogens with zero attached hydrogens (tertiary/aromatic N) is 1. The number of benzene rings is 1. The second kappa shape index (κ2) is 6.01. The van der Waals surface area contributed by atoms with Gasteiger partial charge in [0.25, 0.3) is 11.8 Å². The van der Waals surface area contributed by atoms with Crippen molar-refractivity contribution in [1.29, 1.82) is 0 Å². The Balaban J connectivity index is 2.01. The molecule has 0 radical (unpaired) electrons. The molecule has 0 atom stereocenters. The van der Waals surface area contributed by atoms with Crippen molar-refractivity contribution in [3.63, 3.8) is 0 Å². The zero-order chi connectivity index (χ0) is 14.5. The summed E-state index contributed by atoms with van der Waals surface area (Å²) >= 11 is 0. The molecule has 1 aromatic heterocycles. The van der Waals surface area contributed by atoms with Gasteiger partial charge in [0.1, 0.15) is 0 Å². The Kier molecular flexibility index (Phi) is 4.14. The molecule has 0 aliphatic carbocycles. The van der Waals surface area contributed by atoms with Crippen LogP contribution in [0, 0.1) is 0 Å². The van der Waals surface area contributed by atoms with Gasteiger partial charge in [0.2, 0.25) is 0 Å². The van der Waals surface area contributed by atoms with E-state index >= 15 is 0 Å². The van der Waals surface area contributed by atoms with Crippen molar-refractivity contribution in [3.8, 4) is 0 Å². The SMILES string of the molecule is CC(C)NC(=O)c1ccc(NC(=O)c2cn[nH]c2)cc1. The van der Waals surface area contributed by atoms with Crippen LogP contribution in [0.5, 0.6) is 0 Å². The van der Waals surface area contributed by atoms with Crippen LogP contribution in [0.3, 0.4) is 0 Å². The molecule has 0 saturated carbocycles. The summed E-state index contributed by atoms with van der Waals surface area (Å²) in [7, 11) is 0. The second-order valence-corrected chi connectivity index (χ2v) is 4.65. The lowest BCUT2D eigenvalue weighted by Crippen LogP contribution is -2.29. The van der Waals surface area contributed by atoms with E-state index in [1.807, 2.05) is 13.8 Å². The van der Waals surface area contributed by atoms with Gasteiger partial charge in [0.15, 0.2) is 0 Å². The lowest BCUT2D eigenvalue weighted by Gasteiger charge is -2.09. The van der Waals surface area contributed by atoms with E-state index in [4.69, 9.17) is 0 Å². The molecule has 2 aromatic rings. The fourth-order valence-corrected chi connectivity index (χ4v) is 1.63. The van der Waals surface area contributed by atoms with Gasteiger partial charge in [-0.2, -0.15) is 5.10 Å². The molecule has 0 bridgehead atoms. The number of nitrogens with one attached hydrogen (secondary N) is 3. The van der Waals surface area contributed by atoms with E-state index in [0.29, 0.717) is 16.8 Å². The van der Waals surface area contributed by atoms with Crippen LogP contribution in [0.15, 0.2) is 36.7 Å². The van der Waals surface area contributed by atoms with Crippen molar-refractivity contribution < 1.29 is 9.59 Å². The predicted octanol–water partition coefficient (Wildman–Crippen LogP) is 1.80. The highest BCUT2D eigenvalue weighted by Gasteiger charge is 2.09. The number of anilines is 1. The number of aromatic nitrogens is 2. The molecule has 6 nitrogen and oxygen atoms in total. The van der Waals surface area contributed by atoms with E-state index in [1.165, 1.54) is 12.4 Å². The third kappa shape index (κ3) is 3.44. The van der Waals surface area contributed by atoms with Crippen LogP contribution in [-0.2, 0) is 0 Å². The summed E-state index contributed by atoms with van der Waals surface area (Å²) in [5.74, 6) is -0.383. The van der Waals surface area contributed by atoms with Gasteiger partial charge < -0.3 is 10.6 Å². The van der Waals surface area contributed by atoms with E-state index in [0.717, 1.165) is 0 Å². The van der Waals surface area contributed by atoms with Crippen molar-refractivity contribution in [2.45, 2.75) is 19.9 Å². The Morgan fingerprint density at radius 3 is 2.35 bits per heavy atom. The van der Waals surface area contributed by atoms with Crippen LogP contribution < -0.4 is 10.6 Å².